The van der Waals surface area contributed by atoms with Crippen LogP contribution in [0.25, 0.3) is 0 Å². The summed E-state index contributed by atoms with van der Waals surface area (Å²) >= 11 is 0. The number of rotatable bonds is 6. The van der Waals surface area contributed by atoms with Gasteiger partial charge in [0.05, 0.1) is 34.0 Å². The van der Waals surface area contributed by atoms with Crippen LogP contribution in [0.15, 0.2) is 47.4 Å². The highest BCUT2D eigenvalue weighted by atomic mass is 32.2. The number of alkyl halides is 3. The van der Waals surface area contributed by atoms with Crippen LogP contribution in [-0.2, 0) is 27.2 Å². The Morgan fingerprint density at radius 2 is 1.68 bits per heavy atom. The van der Waals surface area contributed by atoms with Crippen molar-refractivity contribution in [3.8, 4) is 0 Å². The van der Waals surface area contributed by atoms with E-state index in [1.807, 2.05) is 4.90 Å². The summed E-state index contributed by atoms with van der Waals surface area (Å²) < 4.78 is 63.4. The molecule has 5 nitrogen and oxygen atoms in total. The van der Waals surface area contributed by atoms with Gasteiger partial charge in [-0.25, -0.2) is 8.42 Å². The molecule has 0 saturated carbocycles. The van der Waals surface area contributed by atoms with Gasteiger partial charge >= 0.3 is 6.18 Å². The first-order chi connectivity index (χ1) is 14.6. The maximum Gasteiger partial charge on any atom is 0.416 e. The molecule has 1 aliphatic heterocycles. The Balaban J connectivity index is 1.80. The van der Waals surface area contributed by atoms with Crippen LogP contribution >= 0.6 is 0 Å². The molecule has 1 saturated heterocycles. The average molecular weight is 455 g/mol. The van der Waals surface area contributed by atoms with Crippen molar-refractivity contribution in [2.75, 3.05) is 29.1 Å². The zero-order valence-electron chi connectivity index (χ0n) is 17.2. The second-order valence-corrected chi connectivity index (χ2v) is 9.83. The summed E-state index contributed by atoms with van der Waals surface area (Å²) in [6, 6.07) is 9.37. The van der Waals surface area contributed by atoms with E-state index in [-0.39, 0.29) is 22.8 Å². The average Bonchev–Trinajstić information content (AvgIpc) is 2.74. The Hall–Kier alpha value is -2.55. The molecule has 0 aliphatic carbocycles. The lowest BCUT2D eigenvalue weighted by Crippen LogP contribution is -2.30. The summed E-state index contributed by atoms with van der Waals surface area (Å²) in [5.41, 5.74) is 0.453. The van der Waals surface area contributed by atoms with Gasteiger partial charge in [-0.1, -0.05) is 19.1 Å². The third-order valence-corrected chi connectivity index (χ3v) is 7.07. The number of benzene rings is 2. The lowest BCUT2D eigenvalue weighted by atomic mass is 10.1. The molecule has 31 heavy (non-hydrogen) atoms. The van der Waals surface area contributed by atoms with E-state index in [1.165, 1.54) is 18.2 Å². The van der Waals surface area contributed by atoms with Crippen molar-refractivity contribution in [2.24, 2.45) is 0 Å². The van der Waals surface area contributed by atoms with Crippen LogP contribution in [0.2, 0.25) is 0 Å². The Kier molecular flexibility index (Phi) is 6.93. The van der Waals surface area contributed by atoms with Crippen LogP contribution in [0.5, 0.6) is 0 Å². The molecule has 0 spiro atoms. The molecule has 2 aromatic rings. The van der Waals surface area contributed by atoms with E-state index < -0.39 is 27.5 Å². The van der Waals surface area contributed by atoms with E-state index in [2.05, 4.69) is 5.32 Å². The van der Waals surface area contributed by atoms with Crippen molar-refractivity contribution in [3.05, 3.63) is 53.6 Å². The summed E-state index contributed by atoms with van der Waals surface area (Å²) in [5, 5.41) is 2.63. The number of carbonyl (C=O) groups is 1. The number of nitrogens with zero attached hydrogens (tertiary/aromatic N) is 1. The number of hydrogen-bond donors (Lipinski definition) is 1. The highest BCUT2D eigenvalue weighted by Gasteiger charge is 2.32. The number of sulfone groups is 1. The Morgan fingerprint density at radius 1 is 1.03 bits per heavy atom. The topological polar surface area (TPSA) is 66.5 Å². The van der Waals surface area contributed by atoms with Crippen molar-refractivity contribution in [2.45, 2.75) is 43.7 Å². The normalized spacial score (nSPS) is 15.0. The second-order valence-electron chi connectivity index (χ2n) is 7.55. The molecule has 1 amide bonds. The van der Waals surface area contributed by atoms with Gasteiger partial charge in [0.2, 0.25) is 5.91 Å². The maximum atomic E-state index is 13.2. The number of piperidine rings is 1. The fourth-order valence-electron chi connectivity index (χ4n) is 3.58. The van der Waals surface area contributed by atoms with Crippen LogP contribution < -0.4 is 10.2 Å². The molecule has 0 aromatic heterocycles. The van der Waals surface area contributed by atoms with Crippen LogP contribution in [0.3, 0.4) is 0 Å². The molecular formula is C22H25F3N2O3S. The largest absolute Gasteiger partial charge is 0.416 e. The highest BCUT2D eigenvalue weighted by Crippen LogP contribution is 2.36. The summed E-state index contributed by atoms with van der Waals surface area (Å²) in [6.07, 6.45) is -1.63. The van der Waals surface area contributed by atoms with E-state index in [0.717, 1.165) is 44.5 Å². The predicted octanol–water partition coefficient (Wildman–Crippen LogP) is 4.67. The fourth-order valence-corrected chi connectivity index (χ4v) is 4.47. The fraction of sp³-hybridized carbons (Fsp3) is 0.409. The third kappa shape index (κ3) is 5.78. The molecular weight excluding hydrogens is 429 g/mol. The van der Waals surface area contributed by atoms with Crippen LogP contribution in [0.4, 0.5) is 24.5 Å². The van der Waals surface area contributed by atoms with Crippen molar-refractivity contribution in [3.63, 3.8) is 0 Å². The summed E-state index contributed by atoms with van der Waals surface area (Å²) in [7, 11) is -3.34. The quantitative estimate of drug-likeness (QED) is 0.689. The number of amides is 1. The Labute approximate surface area is 180 Å². The van der Waals surface area contributed by atoms with Crippen LogP contribution in [0, 0.1) is 0 Å². The SMILES string of the molecule is CCS(=O)(=O)c1ccc(CC(=O)Nc2cc(C(F)(F)F)ccc2N2CCCCC2)cc1. The first-order valence-electron chi connectivity index (χ1n) is 10.2. The molecule has 1 heterocycles. The van der Waals surface area contributed by atoms with E-state index in [0.29, 0.717) is 11.3 Å². The minimum absolute atomic E-state index is 0.0261. The minimum Gasteiger partial charge on any atom is -0.370 e. The molecule has 1 N–H and O–H groups in total. The monoisotopic (exact) mass is 454 g/mol. The number of anilines is 2. The number of carbonyl (C=O) groups excluding carboxylic acids is 1. The van der Waals surface area contributed by atoms with E-state index in [1.54, 1.807) is 19.1 Å². The zero-order valence-corrected chi connectivity index (χ0v) is 18.0. The van der Waals surface area contributed by atoms with E-state index >= 15 is 0 Å². The molecule has 0 bridgehead atoms. The molecule has 3 rings (SSSR count). The molecule has 0 atom stereocenters. The van der Waals surface area contributed by atoms with Crippen molar-refractivity contribution in [1.82, 2.24) is 0 Å². The summed E-state index contributed by atoms with van der Waals surface area (Å²) in [4.78, 5) is 14.7. The zero-order chi connectivity index (χ0) is 22.6. The van der Waals surface area contributed by atoms with E-state index in [9.17, 15) is 26.4 Å². The predicted molar refractivity (Wildman–Crippen MR) is 114 cm³/mol. The lowest BCUT2D eigenvalue weighted by Gasteiger charge is -2.31. The van der Waals surface area contributed by atoms with Gasteiger partial charge in [-0.2, -0.15) is 13.2 Å². The van der Waals surface area contributed by atoms with Gasteiger partial charge in [-0.15, -0.1) is 0 Å². The van der Waals surface area contributed by atoms with Gasteiger partial charge in [0, 0.05) is 13.1 Å². The number of halogens is 3. The molecule has 9 heteroatoms. The smallest absolute Gasteiger partial charge is 0.370 e. The van der Waals surface area contributed by atoms with Gasteiger partial charge in [0.15, 0.2) is 9.84 Å². The van der Waals surface area contributed by atoms with E-state index in [4.69, 9.17) is 0 Å². The highest BCUT2D eigenvalue weighted by molar-refractivity contribution is 7.91. The van der Waals surface area contributed by atoms with Gasteiger partial charge < -0.3 is 10.2 Å². The van der Waals surface area contributed by atoms with Crippen LogP contribution in [-0.4, -0.2) is 33.2 Å². The molecule has 0 unspecified atom stereocenters. The third-order valence-electron chi connectivity index (χ3n) is 5.32. The van der Waals surface area contributed by atoms with Crippen molar-refractivity contribution >= 4 is 27.1 Å². The van der Waals surface area contributed by atoms with Gasteiger partial charge in [0.25, 0.3) is 0 Å². The number of nitrogens with one attached hydrogen (secondary N) is 1. The lowest BCUT2D eigenvalue weighted by molar-refractivity contribution is -0.137. The van der Waals surface area contributed by atoms with Crippen molar-refractivity contribution < 1.29 is 26.4 Å². The Bertz CT molecular complexity index is 1030. The summed E-state index contributed by atoms with van der Waals surface area (Å²) in [6.45, 7) is 2.99. The summed E-state index contributed by atoms with van der Waals surface area (Å²) in [5.74, 6) is -0.495. The Morgan fingerprint density at radius 3 is 2.26 bits per heavy atom. The molecule has 1 aliphatic rings. The molecule has 1 fully saturated rings. The van der Waals surface area contributed by atoms with Gasteiger partial charge in [-0.05, 0) is 55.2 Å². The van der Waals surface area contributed by atoms with Gasteiger partial charge in [-0.3, -0.25) is 4.79 Å². The first-order valence-corrected chi connectivity index (χ1v) is 11.8. The molecule has 2 aromatic carbocycles. The second kappa shape index (κ2) is 9.30. The van der Waals surface area contributed by atoms with Crippen molar-refractivity contribution in [1.29, 1.82) is 0 Å². The minimum atomic E-state index is -4.51. The maximum absolute atomic E-state index is 13.2. The van der Waals surface area contributed by atoms with Gasteiger partial charge in [0.1, 0.15) is 0 Å². The van der Waals surface area contributed by atoms with Crippen LogP contribution in [0.1, 0.15) is 37.3 Å². The molecule has 0 radical (unpaired) electrons. The standard InChI is InChI=1S/C22H25F3N2O3S/c1-2-31(29,30)18-9-6-16(7-10-18)14-21(28)26-19-15-17(22(23,24)25)8-11-20(19)27-12-4-3-5-13-27/h6-11,15H,2-5,12-14H2,1H3,(H,26,28). The number of hydrogen-bond acceptors (Lipinski definition) is 4. The first kappa shape index (κ1) is 23.1. The molecule has 168 valence electrons.